The lowest BCUT2D eigenvalue weighted by Gasteiger charge is -2.29. The lowest BCUT2D eigenvalue weighted by atomic mass is 9.96. The van der Waals surface area contributed by atoms with E-state index in [0.29, 0.717) is 5.11 Å². The van der Waals surface area contributed by atoms with E-state index in [0.717, 1.165) is 29.4 Å². The Morgan fingerprint density at radius 3 is 2.42 bits per heavy atom. The van der Waals surface area contributed by atoms with Gasteiger partial charge in [0.05, 0.1) is 37.7 Å². The van der Waals surface area contributed by atoms with Gasteiger partial charge in [-0.15, -0.1) is 0 Å². The van der Waals surface area contributed by atoms with Crippen molar-refractivity contribution in [2.24, 2.45) is 0 Å². The van der Waals surface area contributed by atoms with Crippen LogP contribution in [0.4, 0.5) is 5.69 Å². The van der Waals surface area contributed by atoms with Gasteiger partial charge in [0.15, 0.2) is 5.11 Å². The van der Waals surface area contributed by atoms with Gasteiger partial charge in [0.2, 0.25) is 0 Å². The molecule has 2 atom stereocenters. The molecule has 1 saturated heterocycles. The summed E-state index contributed by atoms with van der Waals surface area (Å²) in [6, 6.07) is 24.3. The molecule has 0 amide bonds. The summed E-state index contributed by atoms with van der Waals surface area (Å²) in [5.74, 6) is 1.47. The highest BCUT2D eigenvalue weighted by molar-refractivity contribution is 7.80. The minimum absolute atomic E-state index is 0.135. The van der Waals surface area contributed by atoms with Crippen molar-refractivity contribution < 1.29 is 9.47 Å². The maximum Gasteiger partial charge on any atom is 0.174 e. The van der Waals surface area contributed by atoms with Crippen LogP contribution in [0.2, 0.25) is 0 Å². The van der Waals surface area contributed by atoms with Crippen LogP contribution >= 0.6 is 12.2 Å². The topological polar surface area (TPSA) is 51.6 Å². The van der Waals surface area contributed by atoms with E-state index in [-0.39, 0.29) is 12.1 Å². The minimum Gasteiger partial charge on any atom is -0.497 e. The van der Waals surface area contributed by atoms with Crippen molar-refractivity contribution in [3.63, 3.8) is 0 Å². The molecule has 184 valence electrons. The van der Waals surface area contributed by atoms with E-state index in [1.165, 1.54) is 22.5 Å². The minimum atomic E-state index is -0.139. The number of aryl methyl sites for hydroxylation is 1. The molecule has 0 aliphatic carbocycles. The van der Waals surface area contributed by atoms with Gasteiger partial charge in [0, 0.05) is 30.2 Å². The molecule has 0 bridgehead atoms. The number of thiocarbonyl (C=S) groups is 1. The second-order valence-corrected chi connectivity index (χ2v) is 9.32. The summed E-state index contributed by atoms with van der Waals surface area (Å²) >= 11 is 5.94. The van der Waals surface area contributed by atoms with E-state index >= 15 is 0 Å². The number of nitrogens with zero attached hydrogens (tertiary/aromatic N) is 3. The fourth-order valence-electron chi connectivity index (χ4n) is 5.05. The summed E-state index contributed by atoms with van der Waals surface area (Å²) in [4.78, 5) is 6.83. The summed E-state index contributed by atoms with van der Waals surface area (Å²) in [7, 11) is 3.34. The predicted octanol–water partition coefficient (Wildman–Crippen LogP) is 5.74. The van der Waals surface area contributed by atoms with Gasteiger partial charge in [-0.05, 0) is 67.5 Å². The van der Waals surface area contributed by atoms with Crippen molar-refractivity contribution in [3.8, 4) is 11.5 Å². The first-order chi connectivity index (χ1) is 17.5. The average molecular weight is 499 g/mol. The molecule has 7 heteroatoms. The van der Waals surface area contributed by atoms with Crippen LogP contribution in [-0.2, 0) is 6.54 Å². The number of hydrogen-bond acceptors (Lipinski definition) is 4. The molecule has 3 heterocycles. The van der Waals surface area contributed by atoms with Crippen LogP contribution < -0.4 is 19.7 Å². The van der Waals surface area contributed by atoms with Crippen LogP contribution in [0.3, 0.4) is 0 Å². The smallest absolute Gasteiger partial charge is 0.174 e. The van der Waals surface area contributed by atoms with E-state index in [2.05, 4.69) is 59.0 Å². The van der Waals surface area contributed by atoms with E-state index in [9.17, 15) is 0 Å². The summed E-state index contributed by atoms with van der Waals surface area (Å²) in [6.45, 7) is 5.15. The van der Waals surface area contributed by atoms with E-state index in [1.807, 2.05) is 48.7 Å². The Morgan fingerprint density at radius 1 is 0.944 bits per heavy atom. The standard InChI is InChI=1S/C29H30N4O2S/c1-19-16-23(20(2)32(19)18-21-10-6-5-7-11-21)28-27(24-12-8-9-15-30-24)31-29(36)33(28)25-17-22(34-3)13-14-26(25)35-4/h5-17,27-28H,18H2,1-4H3,(H,31,36)/t27-,28-/m1/s1. The van der Waals surface area contributed by atoms with Gasteiger partial charge in [-0.25, -0.2) is 0 Å². The molecular formula is C29H30N4O2S. The highest BCUT2D eigenvalue weighted by Gasteiger charge is 2.43. The maximum atomic E-state index is 5.94. The highest BCUT2D eigenvalue weighted by Crippen LogP contribution is 2.46. The summed E-state index contributed by atoms with van der Waals surface area (Å²) in [5, 5.41) is 4.17. The molecular weight excluding hydrogens is 468 g/mol. The fraction of sp³-hybridized carbons (Fsp3) is 0.241. The molecule has 0 saturated carbocycles. The van der Waals surface area contributed by atoms with Crippen LogP contribution in [0.1, 0.15) is 40.3 Å². The zero-order valence-electron chi connectivity index (χ0n) is 20.9. The Kier molecular flexibility index (Phi) is 6.65. The van der Waals surface area contributed by atoms with Crippen LogP contribution in [0.25, 0.3) is 0 Å². The summed E-state index contributed by atoms with van der Waals surface area (Å²) in [6.07, 6.45) is 1.82. The van der Waals surface area contributed by atoms with Crippen molar-refractivity contribution in [2.45, 2.75) is 32.5 Å². The Balaban J connectivity index is 1.66. The second-order valence-electron chi connectivity index (χ2n) is 8.93. The number of ether oxygens (including phenoxy) is 2. The van der Waals surface area contributed by atoms with E-state index < -0.39 is 0 Å². The predicted molar refractivity (Wildman–Crippen MR) is 147 cm³/mol. The first kappa shape index (κ1) is 23.9. The fourth-order valence-corrected chi connectivity index (χ4v) is 5.39. The van der Waals surface area contributed by atoms with Gasteiger partial charge in [-0.1, -0.05) is 36.4 Å². The zero-order valence-corrected chi connectivity index (χ0v) is 21.8. The van der Waals surface area contributed by atoms with Crippen molar-refractivity contribution in [1.82, 2.24) is 14.9 Å². The van der Waals surface area contributed by atoms with Gasteiger partial charge >= 0.3 is 0 Å². The van der Waals surface area contributed by atoms with Crippen LogP contribution in [0, 0.1) is 13.8 Å². The summed E-state index contributed by atoms with van der Waals surface area (Å²) < 4.78 is 13.7. The molecule has 1 aliphatic heterocycles. The van der Waals surface area contributed by atoms with Crippen LogP contribution in [0.15, 0.2) is 79.0 Å². The SMILES string of the molecule is COc1ccc(OC)c(N2C(=S)N[C@H](c3ccccn3)[C@H]2c2cc(C)n(Cc3ccccc3)c2C)c1. The van der Waals surface area contributed by atoms with E-state index in [4.69, 9.17) is 26.7 Å². The third-order valence-electron chi connectivity index (χ3n) is 6.86. The normalized spacial score (nSPS) is 17.2. The van der Waals surface area contributed by atoms with Crippen molar-refractivity contribution in [2.75, 3.05) is 19.1 Å². The first-order valence-corrected chi connectivity index (χ1v) is 12.4. The number of pyridine rings is 1. The average Bonchev–Trinajstić information content (AvgIpc) is 3.40. The molecule has 2 aromatic carbocycles. The Bertz CT molecular complexity index is 1370. The molecule has 0 spiro atoms. The molecule has 4 aromatic rings. The van der Waals surface area contributed by atoms with Gasteiger partial charge < -0.3 is 24.3 Å². The van der Waals surface area contributed by atoms with Crippen LogP contribution in [-0.4, -0.2) is 28.9 Å². The molecule has 5 rings (SSSR count). The lowest BCUT2D eigenvalue weighted by Crippen LogP contribution is -2.30. The number of nitrogens with one attached hydrogen (secondary N) is 1. The zero-order chi connectivity index (χ0) is 25.2. The monoisotopic (exact) mass is 498 g/mol. The second kappa shape index (κ2) is 10.0. The molecule has 2 aromatic heterocycles. The number of hydrogen-bond donors (Lipinski definition) is 1. The van der Waals surface area contributed by atoms with E-state index in [1.54, 1.807) is 14.2 Å². The molecule has 1 fully saturated rings. The molecule has 1 N–H and O–H groups in total. The Hall–Kier alpha value is -3.84. The van der Waals surface area contributed by atoms with Crippen molar-refractivity contribution in [1.29, 1.82) is 0 Å². The third kappa shape index (κ3) is 4.31. The van der Waals surface area contributed by atoms with Crippen molar-refractivity contribution in [3.05, 3.63) is 107 Å². The number of anilines is 1. The lowest BCUT2D eigenvalue weighted by molar-refractivity contribution is 0.403. The maximum absolute atomic E-state index is 5.94. The highest BCUT2D eigenvalue weighted by atomic mass is 32.1. The van der Waals surface area contributed by atoms with Crippen molar-refractivity contribution >= 4 is 23.0 Å². The molecule has 36 heavy (non-hydrogen) atoms. The first-order valence-electron chi connectivity index (χ1n) is 11.9. The number of rotatable bonds is 7. The van der Waals surface area contributed by atoms with Gasteiger partial charge in [0.1, 0.15) is 11.5 Å². The number of aromatic nitrogens is 2. The molecule has 6 nitrogen and oxygen atoms in total. The molecule has 1 aliphatic rings. The Morgan fingerprint density at radius 2 is 1.72 bits per heavy atom. The summed E-state index contributed by atoms with van der Waals surface area (Å²) in [5.41, 5.74) is 6.63. The largest absolute Gasteiger partial charge is 0.497 e. The quantitative estimate of drug-likeness (QED) is 0.328. The van der Waals surface area contributed by atoms with Crippen LogP contribution in [0.5, 0.6) is 11.5 Å². The van der Waals surface area contributed by atoms with Gasteiger partial charge in [0.25, 0.3) is 0 Å². The Labute approximate surface area is 217 Å². The number of benzene rings is 2. The van der Waals surface area contributed by atoms with Gasteiger partial charge in [-0.3, -0.25) is 4.98 Å². The molecule has 0 unspecified atom stereocenters. The van der Waals surface area contributed by atoms with Gasteiger partial charge in [-0.2, -0.15) is 0 Å². The number of methoxy groups -OCH3 is 2. The molecule has 0 radical (unpaired) electrons. The third-order valence-corrected chi connectivity index (χ3v) is 7.17.